The number of sulfonamides is 1. The minimum atomic E-state index is -3.70. The van der Waals surface area contributed by atoms with Gasteiger partial charge in [-0.1, -0.05) is 23.7 Å². The standard InChI is InChI=1S/C11H11ClN2O3S/c12-10-3-1-2-4-11(10)14-18(16,17)9-5-8(7-15)13-6-9/h1-6,13-15H,7H2. The summed E-state index contributed by atoms with van der Waals surface area (Å²) < 4.78 is 26.4. The Labute approximate surface area is 109 Å². The predicted molar refractivity (Wildman–Crippen MR) is 69.0 cm³/mol. The fourth-order valence-corrected chi connectivity index (χ4v) is 2.75. The molecule has 0 saturated carbocycles. The Balaban J connectivity index is 2.30. The summed E-state index contributed by atoms with van der Waals surface area (Å²) >= 11 is 5.88. The molecule has 1 aromatic carbocycles. The molecule has 2 rings (SSSR count). The van der Waals surface area contributed by atoms with Crippen LogP contribution in [0.15, 0.2) is 41.4 Å². The van der Waals surface area contributed by atoms with E-state index in [0.717, 1.165) is 0 Å². The number of nitrogens with one attached hydrogen (secondary N) is 2. The Morgan fingerprint density at radius 1 is 1.33 bits per heavy atom. The third-order valence-corrected chi connectivity index (χ3v) is 3.99. The number of para-hydroxylation sites is 1. The SMILES string of the molecule is O=S(=O)(Nc1ccccc1Cl)c1c[nH]c(CO)c1. The number of halogens is 1. The van der Waals surface area contributed by atoms with Crippen molar-refractivity contribution in [2.45, 2.75) is 11.5 Å². The second-order valence-corrected chi connectivity index (χ2v) is 5.69. The van der Waals surface area contributed by atoms with Gasteiger partial charge in [0, 0.05) is 11.9 Å². The van der Waals surface area contributed by atoms with E-state index in [4.69, 9.17) is 16.7 Å². The first-order valence-corrected chi connectivity index (χ1v) is 6.94. The summed E-state index contributed by atoms with van der Waals surface area (Å²) in [5, 5.41) is 9.20. The molecule has 0 amide bonds. The van der Waals surface area contributed by atoms with Crippen LogP contribution in [0.25, 0.3) is 0 Å². The summed E-state index contributed by atoms with van der Waals surface area (Å²) in [4.78, 5) is 2.71. The summed E-state index contributed by atoms with van der Waals surface area (Å²) in [6, 6.07) is 7.91. The summed E-state index contributed by atoms with van der Waals surface area (Å²) in [6.07, 6.45) is 1.31. The second kappa shape index (κ2) is 5.01. The summed E-state index contributed by atoms with van der Waals surface area (Å²) in [6.45, 7) is -0.248. The number of rotatable bonds is 4. The highest BCUT2D eigenvalue weighted by Crippen LogP contribution is 2.24. The van der Waals surface area contributed by atoms with Gasteiger partial charge in [-0.2, -0.15) is 0 Å². The van der Waals surface area contributed by atoms with E-state index in [2.05, 4.69) is 9.71 Å². The largest absolute Gasteiger partial charge is 0.390 e. The van der Waals surface area contributed by atoms with Crippen LogP contribution in [0.2, 0.25) is 5.02 Å². The summed E-state index contributed by atoms with van der Waals surface area (Å²) in [7, 11) is -3.70. The fourth-order valence-electron chi connectivity index (χ4n) is 1.41. The van der Waals surface area contributed by atoms with Crippen LogP contribution < -0.4 is 4.72 Å². The number of aliphatic hydroxyl groups excluding tert-OH is 1. The molecular formula is C11H11ClN2O3S. The van der Waals surface area contributed by atoms with Gasteiger partial charge in [-0.15, -0.1) is 0 Å². The fraction of sp³-hybridized carbons (Fsp3) is 0.0909. The molecule has 7 heteroatoms. The zero-order valence-electron chi connectivity index (χ0n) is 9.22. The van der Waals surface area contributed by atoms with Gasteiger partial charge < -0.3 is 10.1 Å². The molecule has 0 bridgehead atoms. The van der Waals surface area contributed by atoms with Crippen LogP contribution in [0.3, 0.4) is 0 Å². The van der Waals surface area contributed by atoms with E-state index in [-0.39, 0.29) is 11.5 Å². The Kier molecular flexibility index (Phi) is 3.60. The van der Waals surface area contributed by atoms with E-state index in [1.165, 1.54) is 12.3 Å². The molecule has 3 N–H and O–H groups in total. The molecule has 0 spiro atoms. The average molecular weight is 287 g/mol. The molecule has 0 aliphatic heterocycles. The molecular weight excluding hydrogens is 276 g/mol. The molecule has 1 heterocycles. The van der Waals surface area contributed by atoms with E-state index in [1.54, 1.807) is 24.3 Å². The normalized spacial score (nSPS) is 11.4. The second-order valence-electron chi connectivity index (χ2n) is 3.60. The number of aromatic nitrogens is 1. The number of aromatic amines is 1. The van der Waals surface area contributed by atoms with Crippen LogP contribution in [-0.4, -0.2) is 18.5 Å². The maximum absolute atomic E-state index is 12.0. The number of hydrogen-bond donors (Lipinski definition) is 3. The molecule has 18 heavy (non-hydrogen) atoms. The Hall–Kier alpha value is -1.50. The van der Waals surface area contributed by atoms with E-state index in [9.17, 15) is 8.42 Å². The number of anilines is 1. The molecule has 1 aromatic heterocycles. The van der Waals surface area contributed by atoms with Crippen LogP contribution >= 0.6 is 11.6 Å². The molecule has 0 saturated heterocycles. The van der Waals surface area contributed by atoms with Crippen LogP contribution in [0.1, 0.15) is 5.69 Å². The zero-order chi connectivity index (χ0) is 13.2. The van der Waals surface area contributed by atoms with Crippen molar-refractivity contribution in [3.63, 3.8) is 0 Å². The summed E-state index contributed by atoms with van der Waals surface area (Å²) in [5.41, 5.74) is 0.737. The molecule has 0 radical (unpaired) electrons. The minimum Gasteiger partial charge on any atom is -0.390 e. The van der Waals surface area contributed by atoms with Crippen molar-refractivity contribution in [1.82, 2.24) is 4.98 Å². The van der Waals surface area contributed by atoms with E-state index < -0.39 is 10.0 Å². The van der Waals surface area contributed by atoms with Crippen molar-refractivity contribution in [3.8, 4) is 0 Å². The maximum atomic E-state index is 12.0. The lowest BCUT2D eigenvalue weighted by atomic mass is 10.3. The van der Waals surface area contributed by atoms with Crippen molar-refractivity contribution in [3.05, 3.63) is 47.2 Å². The highest BCUT2D eigenvalue weighted by Gasteiger charge is 2.17. The molecule has 0 aliphatic carbocycles. The van der Waals surface area contributed by atoms with Gasteiger partial charge in [-0.25, -0.2) is 8.42 Å². The Bertz CT molecular complexity index is 652. The third kappa shape index (κ3) is 2.66. The van der Waals surface area contributed by atoms with Gasteiger partial charge in [0.15, 0.2) is 0 Å². The first kappa shape index (κ1) is 12.9. The number of aliphatic hydroxyl groups is 1. The van der Waals surface area contributed by atoms with E-state index in [1.807, 2.05) is 0 Å². The quantitative estimate of drug-likeness (QED) is 0.803. The van der Waals surface area contributed by atoms with Gasteiger partial charge in [-0.05, 0) is 18.2 Å². The number of H-pyrrole nitrogens is 1. The van der Waals surface area contributed by atoms with Crippen LogP contribution in [0.5, 0.6) is 0 Å². The first-order chi connectivity index (χ1) is 8.53. The molecule has 96 valence electrons. The Morgan fingerprint density at radius 2 is 2.06 bits per heavy atom. The van der Waals surface area contributed by atoms with Crippen LogP contribution in [-0.2, 0) is 16.6 Å². The van der Waals surface area contributed by atoms with E-state index >= 15 is 0 Å². The number of benzene rings is 1. The first-order valence-electron chi connectivity index (χ1n) is 5.08. The topological polar surface area (TPSA) is 82.2 Å². The van der Waals surface area contributed by atoms with Crippen molar-refractivity contribution in [1.29, 1.82) is 0 Å². The van der Waals surface area contributed by atoms with Crippen LogP contribution in [0.4, 0.5) is 5.69 Å². The minimum absolute atomic E-state index is 0.0477. The average Bonchev–Trinajstić information content (AvgIpc) is 2.81. The summed E-state index contributed by atoms with van der Waals surface area (Å²) in [5.74, 6) is 0. The highest BCUT2D eigenvalue weighted by atomic mass is 35.5. The molecule has 0 atom stereocenters. The molecule has 0 fully saturated rings. The molecule has 5 nitrogen and oxygen atoms in total. The lowest BCUT2D eigenvalue weighted by molar-refractivity contribution is 0.277. The van der Waals surface area contributed by atoms with Crippen molar-refractivity contribution >= 4 is 27.3 Å². The molecule has 2 aromatic rings. The third-order valence-electron chi connectivity index (χ3n) is 2.32. The smallest absolute Gasteiger partial charge is 0.263 e. The number of hydrogen-bond acceptors (Lipinski definition) is 3. The van der Waals surface area contributed by atoms with Gasteiger partial charge >= 0.3 is 0 Å². The van der Waals surface area contributed by atoms with Gasteiger partial charge in [0.2, 0.25) is 0 Å². The highest BCUT2D eigenvalue weighted by molar-refractivity contribution is 7.92. The Morgan fingerprint density at radius 3 is 2.67 bits per heavy atom. The molecule has 0 unspecified atom stereocenters. The van der Waals surface area contributed by atoms with Crippen molar-refractivity contribution in [2.75, 3.05) is 4.72 Å². The lowest BCUT2D eigenvalue weighted by Gasteiger charge is -2.07. The van der Waals surface area contributed by atoms with Crippen molar-refractivity contribution < 1.29 is 13.5 Å². The van der Waals surface area contributed by atoms with Gasteiger partial charge in [0.25, 0.3) is 10.0 Å². The van der Waals surface area contributed by atoms with E-state index in [0.29, 0.717) is 16.4 Å². The lowest BCUT2D eigenvalue weighted by Crippen LogP contribution is -2.12. The van der Waals surface area contributed by atoms with Crippen LogP contribution in [0, 0.1) is 0 Å². The predicted octanol–water partition coefficient (Wildman–Crippen LogP) is 1.96. The monoisotopic (exact) mass is 286 g/mol. The maximum Gasteiger partial charge on any atom is 0.263 e. The van der Waals surface area contributed by atoms with Gasteiger partial charge in [0.1, 0.15) is 4.90 Å². The zero-order valence-corrected chi connectivity index (χ0v) is 10.8. The van der Waals surface area contributed by atoms with Gasteiger partial charge in [-0.3, -0.25) is 4.72 Å². The van der Waals surface area contributed by atoms with Crippen molar-refractivity contribution in [2.24, 2.45) is 0 Å². The van der Waals surface area contributed by atoms with Gasteiger partial charge in [0.05, 0.1) is 17.3 Å². The molecule has 0 aliphatic rings.